The highest BCUT2D eigenvalue weighted by atomic mass is 16.5. The number of nitrogens with zero attached hydrogens (tertiary/aromatic N) is 3. The van der Waals surface area contributed by atoms with Crippen LogP contribution in [0.1, 0.15) is 43.8 Å². The molecular weight excluding hydrogens is 430 g/mol. The van der Waals surface area contributed by atoms with Crippen molar-refractivity contribution in [3.8, 4) is 11.4 Å². The van der Waals surface area contributed by atoms with E-state index in [1.807, 2.05) is 66.4 Å². The van der Waals surface area contributed by atoms with Gasteiger partial charge in [-0.3, -0.25) is 14.2 Å². The molecule has 7 nitrogen and oxygen atoms in total. The van der Waals surface area contributed by atoms with Gasteiger partial charge in [0.1, 0.15) is 17.3 Å². The Labute approximate surface area is 197 Å². The van der Waals surface area contributed by atoms with Crippen molar-refractivity contribution in [1.29, 1.82) is 0 Å². The Morgan fingerprint density at radius 1 is 1.15 bits per heavy atom. The molecule has 5 rings (SSSR count). The third-order valence-corrected chi connectivity index (χ3v) is 6.31. The molecule has 1 aliphatic rings. The highest BCUT2D eigenvalue weighted by Gasteiger charge is 2.38. The van der Waals surface area contributed by atoms with E-state index in [4.69, 9.17) is 14.1 Å². The standard InChI is InChI=1S/C27H27N3O4/c1-3-24(29(26(31)18-10-11-18)17-21-7-6-16-34-21)25-28-23-9-5-4-8-22(23)27(32)30(25)19-12-14-20(33-2)15-13-19/h4-9,12-16,18,24H,3,10-11,17H2,1-2H3. The third-order valence-electron chi connectivity index (χ3n) is 6.31. The molecule has 1 unspecified atom stereocenters. The van der Waals surface area contributed by atoms with Crippen molar-refractivity contribution in [2.75, 3.05) is 7.11 Å². The van der Waals surface area contributed by atoms with E-state index in [1.54, 1.807) is 24.0 Å². The van der Waals surface area contributed by atoms with Crippen molar-refractivity contribution in [2.24, 2.45) is 5.92 Å². The second-order valence-electron chi connectivity index (χ2n) is 8.57. The van der Waals surface area contributed by atoms with Crippen molar-refractivity contribution in [1.82, 2.24) is 14.5 Å². The summed E-state index contributed by atoms with van der Waals surface area (Å²) >= 11 is 0. The second-order valence-corrected chi connectivity index (χ2v) is 8.57. The number of carbonyl (C=O) groups excluding carboxylic acids is 1. The number of methoxy groups -OCH3 is 1. The number of hydrogen-bond acceptors (Lipinski definition) is 5. The topological polar surface area (TPSA) is 77.6 Å². The molecule has 1 amide bonds. The molecule has 2 aromatic heterocycles. The average Bonchev–Trinajstić information content (AvgIpc) is 3.60. The number of carbonyl (C=O) groups is 1. The van der Waals surface area contributed by atoms with Gasteiger partial charge in [-0.2, -0.15) is 0 Å². The summed E-state index contributed by atoms with van der Waals surface area (Å²) in [5.74, 6) is 2.03. The van der Waals surface area contributed by atoms with Crippen LogP contribution in [0.3, 0.4) is 0 Å². The van der Waals surface area contributed by atoms with Gasteiger partial charge in [-0.05, 0) is 67.8 Å². The van der Waals surface area contributed by atoms with Crippen LogP contribution < -0.4 is 10.3 Å². The van der Waals surface area contributed by atoms with E-state index in [1.165, 1.54) is 0 Å². The summed E-state index contributed by atoms with van der Waals surface area (Å²) in [5, 5.41) is 0.531. The first kappa shape index (κ1) is 21.9. The fourth-order valence-corrected chi connectivity index (χ4v) is 4.37. The molecule has 7 heteroatoms. The van der Waals surface area contributed by atoms with Gasteiger partial charge in [0.05, 0.1) is 42.5 Å². The molecule has 0 spiro atoms. The third kappa shape index (κ3) is 4.09. The number of rotatable bonds is 8. The van der Waals surface area contributed by atoms with E-state index in [0.717, 1.165) is 12.8 Å². The van der Waals surface area contributed by atoms with Gasteiger partial charge < -0.3 is 14.1 Å². The number of ether oxygens (including phenoxy) is 1. The van der Waals surface area contributed by atoms with Crippen molar-refractivity contribution in [2.45, 2.75) is 38.8 Å². The zero-order chi connectivity index (χ0) is 23.7. The molecule has 34 heavy (non-hydrogen) atoms. The van der Waals surface area contributed by atoms with Gasteiger partial charge in [-0.1, -0.05) is 19.1 Å². The summed E-state index contributed by atoms with van der Waals surface area (Å²) in [6.45, 7) is 2.34. The Hall–Kier alpha value is -3.87. The summed E-state index contributed by atoms with van der Waals surface area (Å²) in [5.41, 5.74) is 1.12. The van der Waals surface area contributed by atoms with Crippen LogP contribution in [0.5, 0.6) is 5.75 Å². The lowest BCUT2D eigenvalue weighted by Crippen LogP contribution is -2.38. The molecule has 1 aliphatic carbocycles. The summed E-state index contributed by atoms with van der Waals surface area (Å²) in [6, 6.07) is 17.9. The lowest BCUT2D eigenvalue weighted by atomic mass is 10.1. The minimum Gasteiger partial charge on any atom is -0.497 e. The quantitative estimate of drug-likeness (QED) is 0.377. The van der Waals surface area contributed by atoms with Crippen LogP contribution in [0.2, 0.25) is 0 Å². The lowest BCUT2D eigenvalue weighted by Gasteiger charge is -2.32. The lowest BCUT2D eigenvalue weighted by molar-refractivity contribution is -0.136. The largest absolute Gasteiger partial charge is 0.497 e. The van der Waals surface area contributed by atoms with Crippen molar-refractivity contribution >= 4 is 16.8 Å². The van der Waals surface area contributed by atoms with Crippen LogP contribution in [0.4, 0.5) is 0 Å². The number of amides is 1. The molecule has 2 aromatic carbocycles. The first-order valence-electron chi connectivity index (χ1n) is 11.6. The first-order chi connectivity index (χ1) is 16.6. The number of para-hydroxylation sites is 1. The van der Waals surface area contributed by atoms with Crippen molar-refractivity contribution in [3.63, 3.8) is 0 Å². The summed E-state index contributed by atoms with van der Waals surface area (Å²) in [7, 11) is 1.60. The predicted octanol–water partition coefficient (Wildman–Crippen LogP) is 4.88. The zero-order valence-corrected chi connectivity index (χ0v) is 19.3. The van der Waals surface area contributed by atoms with Crippen molar-refractivity contribution in [3.05, 3.63) is 88.9 Å². The van der Waals surface area contributed by atoms with E-state index in [2.05, 4.69) is 0 Å². The maximum atomic E-state index is 13.7. The van der Waals surface area contributed by atoms with Gasteiger partial charge in [0.25, 0.3) is 5.56 Å². The monoisotopic (exact) mass is 457 g/mol. The molecule has 1 fully saturated rings. The molecule has 174 valence electrons. The number of benzene rings is 2. The smallest absolute Gasteiger partial charge is 0.266 e. The SMILES string of the molecule is CCC(c1nc2ccccc2c(=O)n1-c1ccc(OC)cc1)N(Cc1ccco1)C(=O)C1CC1. The molecule has 0 radical (unpaired) electrons. The molecule has 2 heterocycles. The van der Waals surface area contributed by atoms with E-state index in [-0.39, 0.29) is 17.4 Å². The van der Waals surface area contributed by atoms with Gasteiger partial charge in [0.2, 0.25) is 5.91 Å². The molecule has 0 bridgehead atoms. The number of fused-ring (bicyclic) bond motifs is 1. The summed E-state index contributed by atoms with van der Waals surface area (Å²) < 4.78 is 12.5. The Morgan fingerprint density at radius 3 is 2.56 bits per heavy atom. The fraction of sp³-hybridized carbons (Fsp3) is 0.296. The van der Waals surface area contributed by atoms with Gasteiger partial charge in [0, 0.05) is 5.92 Å². The van der Waals surface area contributed by atoms with Crippen LogP contribution in [0.25, 0.3) is 16.6 Å². The molecule has 4 aromatic rings. The van der Waals surface area contributed by atoms with Crippen LogP contribution in [0, 0.1) is 5.92 Å². The first-order valence-corrected chi connectivity index (χ1v) is 11.6. The van der Waals surface area contributed by atoms with Gasteiger partial charge in [-0.25, -0.2) is 4.98 Å². The van der Waals surface area contributed by atoms with E-state index in [9.17, 15) is 9.59 Å². The minimum absolute atomic E-state index is 0.0191. The molecule has 0 saturated heterocycles. The molecular formula is C27H27N3O4. The number of furan rings is 1. The zero-order valence-electron chi connectivity index (χ0n) is 19.3. The minimum atomic E-state index is -0.405. The summed E-state index contributed by atoms with van der Waals surface area (Å²) in [4.78, 5) is 34.0. The molecule has 1 atom stereocenters. The average molecular weight is 458 g/mol. The van der Waals surface area contributed by atoms with E-state index in [0.29, 0.717) is 46.9 Å². The van der Waals surface area contributed by atoms with Crippen LogP contribution in [0.15, 0.2) is 76.1 Å². The van der Waals surface area contributed by atoms with Gasteiger partial charge >= 0.3 is 0 Å². The maximum absolute atomic E-state index is 13.7. The summed E-state index contributed by atoms with van der Waals surface area (Å²) in [6.07, 6.45) is 3.98. The number of hydrogen-bond donors (Lipinski definition) is 0. The van der Waals surface area contributed by atoms with Crippen molar-refractivity contribution < 1.29 is 13.9 Å². The molecule has 1 saturated carbocycles. The fourth-order valence-electron chi connectivity index (χ4n) is 4.37. The van der Waals surface area contributed by atoms with E-state index >= 15 is 0 Å². The Balaban J connectivity index is 1.70. The van der Waals surface area contributed by atoms with Crippen LogP contribution in [-0.2, 0) is 11.3 Å². The van der Waals surface area contributed by atoms with Gasteiger partial charge in [0.15, 0.2) is 0 Å². The highest BCUT2D eigenvalue weighted by molar-refractivity contribution is 5.82. The van der Waals surface area contributed by atoms with Crippen LogP contribution >= 0.6 is 0 Å². The number of aromatic nitrogens is 2. The van der Waals surface area contributed by atoms with E-state index < -0.39 is 6.04 Å². The Kier molecular flexibility index (Phi) is 5.92. The second kappa shape index (κ2) is 9.17. The van der Waals surface area contributed by atoms with Gasteiger partial charge in [-0.15, -0.1) is 0 Å². The Morgan fingerprint density at radius 2 is 1.91 bits per heavy atom. The van der Waals surface area contributed by atoms with Crippen LogP contribution in [-0.4, -0.2) is 27.5 Å². The molecule has 0 aliphatic heterocycles. The highest BCUT2D eigenvalue weighted by Crippen LogP contribution is 2.36. The Bertz CT molecular complexity index is 1360. The predicted molar refractivity (Wildman–Crippen MR) is 129 cm³/mol. The normalized spacial score (nSPS) is 14.2. The maximum Gasteiger partial charge on any atom is 0.266 e. The molecule has 0 N–H and O–H groups in total.